The van der Waals surface area contributed by atoms with Crippen molar-refractivity contribution in [2.45, 2.75) is 13.0 Å². The summed E-state index contributed by atoms with van der Waals surface area (Å²) in [5.74, 6) is -1.61. The van der Waals surface area contributed by atoms with Crippen molar-refractivity contribution in [3.8, 4) is 6.07 Å². The predicted octanol–water partition coefficient (Wildman–Crippen LogP) is 2.71. The number of nitrogens with zero attached hydrogens (tertiary/aromatic N) is 2. The van der Waals surface area contributed by atoms with Crippen molar-refractivity contribution < 1.29 is 19.2 Å². The van der Waals surface area contributed by atoms with Gasteiger partial charge in [0.05, 0.1) is 10.5 Å². The summed E-state index contributed by atoms with van der Waals surface area (Å²) in [6.07, 6.45) is -1.19. The topological polar surface area (TPSA) is 122 Å². The van der Waals surface area contributed by atoms with Crippen LogP contribution in [-0.4, -0.2) is 22.9 Å². The van der Waals surface area contributed by atoms with Gasteiger partial charge < -0.3 is 10.1 Å². The Bertz CT molecular complexity index is 840. The fourth-order valence-corrected chi connectivity index (χ4v) is 2.53. The van der Waals surface area contributed by atoms with E-state index in [0.717, 1.165) is 11.3 Å². The number of nitrogens with one attached hydrogen (secondary N) is 1. The van der Waals surface area contributed by atoms with E-state index < -0.39 is 28.6 Å². The van der Waals surface area contributed by atoms with Gasteiger partial charge >= 0.3 is 5.97 Å². The van der Waals surface area contributed by atoms with Crippen LogP contribution >= 0.6 is 11.3 Å². The van der Waals surface area contributed by atoms with Gasteiger partial charge in [0.1, 0.15) is 16.6 Å². The summed E-state index contributed by atoms with van der Waals surface area (Å²) in [5.41, 5.74) is -0.346. The number of nitro groups is 1. The Morgan fingerprint density at radius 1 is 1.38 bits per heavy atom. The fraction of sp³-hybridized carbons (Fsp3) is 0.133. The van der Waals surface area contributed by atoms with Crippen molar-refractivity contribution >= 4 is 33.9 Å². The molecule has 0 radical (unpaired) electrons. The van der Waals surface area contributed by atoms with E-state index in [1.165, 1.54) is 31.2 Å². The summed E-state index contributed by atoms with van der Waals surface area (Å²) in [4.78, 5) is 34.3. The zero-order valence-corrected chi connectivity index (χ0v) is 13.2. The molecule has 0 saturated carbocycles. The number of carbonyl (C=O) groups is 2. The molecule has 1 amide bonds. The third-order valence-corrected chi connectivity index (χ3v) is 3.83. The fourth-order valence-electron chi connectivity index (χ4n) is 1.79. The number of rotatable bonds is 5. The van der Waals surface area contributed by atoms with Gasteiger partial charge in [-0.1, -0.05) is 12.1 Å². The number of anilines is 1. The molecule has 1 aromatic carbocycles. The number of hydrogen-bond acceptors (Lipinski definition) is 7. The standard InChI is InChI=1S/C15H11N3O5S/c1-9(13(19)17-14-10(8-16)6-7-24-14)23-15(20)11-4-2-3-5-12(11)18(21)22/h2-7,9H,1H3,(H,17,19). The molecule has 2 rings (SSSR count). The Kier molecular flexibility index (Phi) is 5.23. The third-order valence-electron chi connectivity index (χ3n) is 3.00. The van der Waals surface area contributed by atoms with Crippen molar-refractivity contribution in [1.29, 1.82) is 5.26 Å². The summed E-state index contributed by atoms with van der Waals surface area (Å²) in [5, 5.41) is 24.3. The molecular weight excluding hydrogens is 334 g/mol. The van der Waals surface area contributed by atoms with Crippen LogP contribution in [0.3, 0.4) is 0 Å². The highest BCUT2D eigenvalue weighted by Crippen LogP contribution is 2.23. The van der Waals surface area contributed by atoms with Gasteiger partial charge in [-0.25, -0.2) is 4.79 Å². The number of amides is 1. The number of ether oxygens (including phenoxy) is 1. The average Bonchev–Trinajstić information content (AvgIpc) is 3.01. The van der Waals surface area contributed by atoms with E-state index in [4.69, 9.17) is 10.00 Å². The molecule has 2 aromatic rings. The number of para-hydroxylation sites is 1. The number of benzene rings is 1. The molecule has 0 bridgehead atoms. The minimum absolute atomic E-state index is 0.240. The van der Waals surface area contributed by atoms with Gasteiger partial charge in [-0.15, -0.1) is 11.3 Å². The molecule has 1 N–H and O–H groups in total. The van der Waals surface area contributed by atoms with Crippen molar-refractivity contribution in [3.63, 3.8) is 0 Å². The summed E-state index contributed by atoms with van der Waals surface area (Å²) >= 11 is 1.16. The maximum Gasteiger partial charge on any atom is 0.345 e. The van der Waals surface area contributed by atoms with Crippen LogP contribution in [0.4, 0.5) is 10.7 Å². The Morgan fingerprint density at radius 2 is 2.08 bits per heavy atom. The summed E-state index contributed by atoms with van der Waals surface area (Å²) in [7, 11) is 0. The highest BCUT2D eigenvalue weighted by Gasteiger charge is 2.25. The van der Waals surface area contributed by atoms with Crippen molar-refractivity contribution in [1.82, 2.24) is 0 Å². The number of thiophene rings is 1. The van der Waals surface area contributed by atoms with Gasteiger partial charge in [-0.05, 0) is 24.4 Å². The molecule has 1 heterocycles. The first-order chi connectivity index (χ1) is 11.4. The molecule has 122 valence electrons. The first-order valence-electron chi connectivity index (χ1n) is 6.67. The zero-order valence-electron chi connectivity index (χ0n) is 12.4. The lowest BCUT2D eigenvalue weighted by molar-refractivity contribution is -0.385. The monoisotopic (exact) mass is 345 g/mol. The SMILES string of the molecule is CC(OC(=O)c1ccccc1[N+](=O)[O-])C(=O)Nc1sccc1C#N. The number of nitro benzene ring substituents is 1. The van der Waals surface area contributed by atoms with Crippen molar-refractivity contribution in [3.05, 3.63) is 57.0 Å². The van der Waals surface area contributed by atoms with Gasteiger partial charge in [0.15, 0.2) is 6.10 Å². The normalized spacial score (nSPS) is 11.2. The Labute approximate surface area is 140 Å². The maximum absolute atomic E-state index is 12.1. The minimum atomic E-state index is -1.19. The molecule has 0 saturated heterocycles. The molecule has 0 fully saturated rings. The van der Waals surface area contributed by atoms with Crippen LogP contribution in [0, 0.1) is 21.4 Å². The van der Waals surface area contributed by atoms with E-state index in [1.54, 1.807) is 11.4 Å². The van der Waals surface area contributed by atoms with Gasteiger partial charge in [-0.2, -0.15) is 5.26 Å². The first kappa shape index (κ1) is 17.1. The highest BCUT2D eigenvalue weighted by atomic mass is 32.1. The molecule has 1 atom stereocenters. The zero-order chi connectivity index (χ0) is 17.7. The van der Waals surface area contributed by atoms with Crippen molar-refractivity contribution in [2.24, 2.45) is 0 Å². The molecule has 8 nitrogen and oxygen atoms in total. The molecule has 0 aliphatic carbocycles. The molecule has 9 heteroatoms. The highest BCUT2D eigenvalue weighted by molar-refractivity contribution is 7.14. The van der Waals surface area contributed by atoms with E-state index in [-0.39, 0.29) is 5.56 Å². The Hall–Kier alpha value is -3.25. The smallest absolute Gasteiger partial charge is 0.345 e. The minimum Gasteiger partial charge on any atom is -0.449 e. The van der Waals surface area contributed by atoms with Crippen molar-refractivity contribution in [2.75, 3.05) is 5.32 Å². The molecule has 0 aliphatic rings. The van der Waals surface area contributed by atoms with Crippen LogP contribution in [-0.2, 0) is 9.53 Å². The second kappa shape index (κ2) is 7.34. The van der Waals surface area contributed by atoms with Gasteiger partial charge in [0, 0.05) is 6.07 Å². The second-order valence-corrected chi connectivity index (χ2v) is 5.50. The van der Waals surface area contributed by atoms with Crippen LogP contribution in [0.2, 0.25) is 0 Å². The third kappa shape index (κ3) is 3.74. The van der Waals surface area contributed by atoms with Crippen LogP contribution in [0.5, 0.6) is 0 Å². The number of esters is 1. The van der Waals surface area contributed by atoms with E-state index in [1.807, 2.05) is 6.07 Å². The molecule has 1 aromatic heterocycles. The molecule has 0 spiro atoms. The van der Waals surface area contributed by atoms with Gasteiger partial charge in [-0.3, -0.25) is 14.9 Å². The largest absolute Gasteiger partial charge is 0.449 e. The quantitative estimate of drug-likeness (QED) is 0.505. The Morgan fingerprint density at radius 3 is 2.75 bits per heavy atom. The summed E-state index contributed by atoms with van der Waals surface area (Å²) in [6, 6.07) is 8.77. The molecule has 24 heavy (non-hydrogen) atoms. The molecule has 1 unspecified atom stereocenters. The van der Waals surface area contributed by atoms with E-state index >= 15 is 0 Å². The van der Waals surface area contributed by atoms with Crippen LogP contribution in [0.15, 0.2) is 35.7 Å². The Balaban J connectivity index is 2.08. The lowest BCUT2D eigenvalue weighted by Gasteiger charge is -2.13. The average molecular weight is 345 g/mol. The van der Waals surface area contributed by atoms with E-state index in [9.17, 15) is 19.7 Å². The lowest BCUT2D eigenvalue weighted by atomic mass is 10.2. The van der Waals surface area contributed by atoms with E-state index in [2.05, 4.69) is 5.32 Å². The molecular formula is C15H11N3O5S. The number of nitriles is 1. The van der Waals surface area contributed by atoms with Gasteiger partial charge in [0.2, 0.25) is 0 Å². The number of carbonyl (C=O) groups excluding carboxylic acids is 2. The summed E-state index contributed by atoms with van der Waals surface area (Å²) in [6.45, 7) is 1.33. The van der Waals surface area contributed by atoms with Gasteiger partial charge in [0.25, 0.3) is 11.6 Å². The van der Waals surface area contributed by atoms with Crippen LogP contribution in [0.1, 0.15) is 22.8 Å². The second-order valence-electron chi connectivity index (χ2n) is 4.59. The first-order valence-corrected chi connectivity index (χ1v) is 7.55. The van der Waals surface area contributed by atoms with Crippen LogP contribution in [0.25, 0.3) is 0 Å². The number of hydrogen-bond donors (Lipinski definition) is 1. The predicted molar refractivity (Wildman–Crippen MR) is 85.6 cm³/mol. The van der Waals surface area contributed by atoms with Crippen LogP contribution < -0.4 is 5.32 Å². The van der Waals surface area contributed by atoms with E-state index in [0.29, 0.717) is 10.6 Å². The summed E-state index contributed by atoms with van der Waals surface area (Å²) < 4.78 is 4.98. The maximum atomic E-state index is 12.1. The lowest BCUT2D eigenvalue weighted by Crippen LogP contribution is -2.30. The molecule has 0 aliphatic heterocycles.